The van der Waals surface area contributed by atoms with E-state index in [0.29, 0.717) is 38.9 Å². The number of piperidine rings is 2. The van der Waals surface area contributed by atoms with E-state index in [1.54, 1.807) is 0 Å². The summed E-state index contributed by atoms with van der Waals surface area (Å²) in [6, 6.07) is 0. The summed E-state index contributed by atoms with van der Waals surface area (Å²) in [5, 5.41) is 4.05. The first-order valence-electron chi connectivity index (χ1n) is 18.0. The lowest BCUT2D eigenvalue weighted by molar-refractivity contribution is -0.314. The molecule has 0 atom stereocenters. The third kappa shape index (κ3) is 12.8. The Labute approximate surface area is 293 Å². The summed E-state index contributed by atoms with van der Waals surface area (Å²) in [6.45, 7) is 38.0. The highest BCUT2D eigenvalue weighted by Crippen LogP contribution is 2.42. The molecule has 0 aromatic rings. The van der Waals surface area contributed by atoms with Crippen molar-refractivity contribution in [1.82, 2.24) is 10.1 Å². The van der Waals surface area contributed by atoms with Crippen LogP contribution in [0.15, 0.2) is 0 Å². The van der Waals surface area contributed by atoms with Gasteiger partial charge < -0.3 is 18.9 Å². The zero-order valence-corrected chi connectivity index (χ0v) is 34.0. The van der Waals surface area contributed by atoms with E-state index < -0.39 is 51.7 Å². The van der Waals surface area contributed by atoms with Crippen LogP contribution in [0.2, 0.25) is 0 Å². The maximum Gasteiger partial charge on any atom is 0.317 e. The molecular weight excluding hydrogens is 612 g/mol. The molecule has 0 aliphatic carbocycles. The highest BCUT2D eigenvalue weighted by atomic mass is 16.7. The minimum atomic E-state index is -0.567. The van der Waals surface area contributed by atoms with Crippen LogP contribution < -0.4 is 0 Å². The summed E-state index contributed by atoms with van der Waals surface area (Å²) in [5.74, 6) is -1.13. The molecule has 2 heterocycles. The Balaban J connectivity index is 1.96. The zero-order chi connectivity index (χ0) is 37.4. The predicted octanol–water partition coefficient (Wildman–Crippen LogP) is 7.95. The normalized spacial score (nSPS) is 22.8. The fraction of sp³-hybridized carbons (Fsp3) is 0.947. The second kappa shape index (κ2) is 14.7. The van der Waals surface area contributed by atoms with Crippen molar-refractivity contribution in [2.75, 3.05) is 13.2 Å². The van der Waals surface area contributed by atoms with E-state index >= 15 is 0 Å². The average Bonchev–Trinajstić information content (AvgIpc) is 2.78. The van der Waals surface area contributed by atoms with Gasteiger partial charge in [0.15, 0.2) is 0 Å². The number of hydrogen-bond acceptors (Lipinski definition) is 10. The van der Waals surface area contributed by atoms with Gasteiger partial charge in [0.1, 0.15) is 18.6 Å². The lowest BCUT2D eigenvalue weighted by Gasteiger charge is -2.54. The molecule has 2 aliphatic rings. The van der Waals surface area contributed by atoms with Crippen molar-refractivity contribution in [2.24, 2.45) is 0 Å². The van der Waals surface area contributed by atoms with E-state index in [1.165, 1.54) is 0 Å². The van der Waals surface area contributed by atoms with Crippen LogP contribution in [0.1, 0.15) is 163 Å². The molecule has 2 saturated heterocycles. The number of nitrogens with zero attached hydrogens (tertiary/aromatic N) is 2. The van der Waals surface area contributed by atoms with E-state index in [0.717, 1.165) is 6.42 Å². The summed E-state index contributed by atoms with van der Waals surface area (Å²) in [7, 11) is 0. The molecule has 0 N–H and O–H groups in total. The molecule has 2 fully saturated rings. The molecule has 0 unspecified atom stereocenters. The summed E-state index contributed by atoms with van der Waals surface area (Å²) in [5.41, 5.74) is -3.22. The SMILES string of the molecule is CCC(C)(C)OC(C)(C)CON1C(C)(C)CC(OC(=O)CC(=O)OC2CC(C)(C)N(OCC(C)(C)OC(C)(C)C)C(C)(C)C2)CC1(C)C. The molecule has 0 radical (unpaired) electrons. The molecule has 48 heavy (non-hydrogen) atoms. The number of ether oxygens (including phenoxy) is 4. The zero-order valence-electron chi connectivity index (χ0n) is 34.0. The summed E-state index contributed by atoms with van der Waals surface area (Å²) < 4.78 is 24.4. The smallest absolute Gasteiger partial charge is 0.317 e. The van der Waals surface area contributed by atoms with E-state index in [9.17, 15) is 9.59 Å². The lowest BCUT2D eigenvalue weighted by Crippen LogP contribution is -2.63. The maximum absolute atomic E-state index is 13.0. The van der Waals surface area contributed by atoms with Crippen LogP contribution in [0.3, 0.4) is 0 Å². The molecule has 0 bridgehead atoms. The first kappa shape index (κ1) is 42.9. The highest BCUT2D eigenvalue weighted by Gasteiger charge is 2.50. The number of rotatable bonds is 14. The fourth-order valence-corrected chi connectivity index (χ4v) is 7.93. The van der Waals surface area contributed by atoms with Crippen LogP contribution in [0.5, 0.6) is 0 Å². The summed E-state index contributed by atoms with van der Waals surface area (Å²) >= 11 is 0. The van der Waals surface area contributed by atoms with Gasteiger partial charge in [-0.1, -0.05) is 6.92 Å². The van der Waals surface area contributed by atoms with Crippen LogP contribution in [0.4, 0.5) is 0 Å². The maximum atomic E-state index is 13.0. The molecule has 10 nitrogen and oxygen atoms in total. The second-order valence-corrected chi connectivity index (χ2v) is 19.6. The number of carbonyl (C=O) groups is 2. The van der Waals surface area contributed by atoms with Crippen molar-refractivity contribution in [1.29, 1.82) is 0 Å². The Morgan fingerprint density at radius 3 is 1.17 bits per heavy atom. The molecule has 10 heteroatoms. The van der Waals surface area contributed by atoms with Gasteiger partial charge in [0, 0.05) is 47.8 Å². The average molecular weight is 685 g/mol. The molecule has 2 rings (SSSR count). The van der Waals surface area contributed by atoms with Crippen molar-refractivity contribution in [2.45, 2.75) is 220 Å². The molecule has 0 saturated carbocycles. The van der Waals surface area contributed by atoms with Crippen molar-refractivity contribution in [3.05, 3.63) is 0 Å². The Morgan fingerprint density at radius 1 is 0.562 bits per heavy atom. The van der Waals surface area contributed by atoms with Crippen molar-refractivity contribution in [3.63, 3.8) is 0 Å². The second-order valence-electron chi connectivity index (χ2n) is 19.6. The van der Waals surface area contributed by atoms with Crippen LogP contribution in [-0.2, 0) is 38.2 Å². The van der Waals surface area contributed by atoms with Gasteiger partial charge in [-0.2, -0.15) is 10.1 Å². The standard InChI is InChI=1S/C38H72N2O8/c1-19-36(13,14)48-38(17,18)26-44-40-34(9,10)23-28(24-35(40,11)12)46-30(42)20-29(41)45-27-21-32(5,6)39(33(7,8)22-27)43-25-37(15,16)47-31(2,3)4/h27-28H,19-26H2,1-18H3. The molecule has 0 amide bonds. The van der Waals surface area contributed by atoms with Gasteiger partial charge in [0.2, 0.25) is 0 Å². The van der Waals surface area contributed by atoms with Crippen LogP contribution in [-0.4, -0.2) is 92.0 Å². The Morgan fingerprint density at radius 2 is 0.875 bits per heavy atom. The minimum absolute atomic E-state index is 0.253. The Bertz CT molecular complexity index is 1070. The first-order chi connectivity index (χ1) is 21.3. The molecule has 0 aromatic heterocycles. The van der Waals surface area contributed by atoms with Gasteiger partial charge in [0.05, 0.1) is 35.6 Å². The third-order valence-corrected chi connectivity index (χ3v) is 9.06. The van der Waals surface area contributed by atoms with Crippen molar-refractivity contribution < 1.29 is 38.2 Å². The highest BCUT2D eigenvalue weighted by molar-refractivity contribution is 5.91. The topological polar surface area (TPSA) is 96.0 Å². The van der Waals surface area contributed by atoms with Crippen LogP contribution in [0, 0.1) is 0 Å². The van der Waals surface area contributed by atoms with Gasteiger partial charge in [-0.15, -0.1) is 0 Å². The fourth-order valence-electron chi connectivity index (χ4n) is 7.93. The van der Waals surface area contributed by atoms with E-state index in [-0.39, 0.29) is 23.4 Å². The Kier molecular flexibility index (Phi) is 13.2. The van der Waals surface area contributed by atoms with Crippen LogP contribution in [0.25, 0.3) is 0 Å². The predicted molar refractivity (Wildman–Crippen MR) is 189 cm³/mol. The number of hydroxylamine groups is 4. The van der Waals surface area contributed by atoms with E-state index in [2.05, 4.69) is 76.2 Å². The minimum Gasteiger partial charge on any atom is -0.462 e. The van der Waals surface area contributed by atoms with E-state index in [1.807, 2.05) is 58.6 Å². The van der Waals surface area contributed by atoms with Gasteiger partial charge in [0.25, 0.3) is 0 Å². The van der Waals surface area contributed by atoms with Crippen molar-refractivity contribution >= 4 is 11.9 Å². The van der Waals surface area contributed by atoms with Gasteiger partial charge >= 0.3 is 11.9 Å². The third-order valence-electron chi connectivity index (χ3n) is 9.06. The largest absolute Gasteiger partial charge is 0.462 e. The van der Waals surface area contributed by atoms with Gasteiger partial charge in [-0.25, -0.2) is 0 Å². The molecule has 282 valence electrons. The number of carbonyl (C=O) groups excluding carboxylic acids is 2. The van der Waals surface area contributed by atoms with Crippen LogP contribution >= 0.6 is 0 Å². The van der Waals surface area contributed by atoms with Crippen molar-refractivity contribution in [3.8, 4) is 0 Å². The molecule has 2 aliphatic heterocycles. The lowest BCUT2D eigenvalue weighted by atomic mass is 9.80. The summed E-state index contributed by atoms with van der Waals surface area (Å²) in [6.07, 6.45) is 2.02. The van der Waals surface area contributed by atoms with Gasteiger partial charge in [-0.3, -0.25) is 19.3 Å². The monoisotopic (exact) mass is 685 g/mol. The number of esters is 2. The summed E-state index contributed by atoms with van der Waals surface area (Å²) in [4.78, 5) is 38.9. The number of hydrogen-bond donors (Lipinski definition) is 0. The quantitative estimate of drug-likeness (QED) is 0.133. The molecular formula is C38H72N2O8. The van der Waals surface area contributed by atoms with E-state index in [4.69, 9.17) is 28.6 Å². The first-order valence-corrected chi connectivity index (χ1v) is 18.0. The van der Waals surface area contributed by atoms with Gasteiger partial charge in [-0.05, 0) is 124 Å². The Hall–Kier alpha value is -1.30. The molecule has 0 spiro atoms. The molecule has 0 aromatic carbocycles.